The highest BCUT2D eigenvalue weighted by Gasteiger charge is 2.25. The van der Waals surface area contributed by atoms with Crippen LogP contribution >= 0.6 is 0 Å². The van der Waals surface area contributed by atoms with Crippen molar-refractivity contribution in [3.8, 4) is 0 Å². The van der Waals surface area contributed by atoms with Gasteiger partial charge in [-0.2, -0.15) is 5.10 Å². The second-order valence-corrected chi connectivity index (χ2v) is 7.83. The lowest BCUT2D eigenvalue weighted by Crippen LogP contribution is -2.50. The molecule has 0 saturated heterocycles. The third kappa shape index (κ3) is 4.03. The summed E-state index contributed by atoms with van der Waals surface area (Å²) >= 11 is 0. The maximum Gasteiger partial charge on any atom is 0.333 e. The Morgan fingerprint density at radius 2 is 1.82 bits per heavy atom. The van der Waals surface area contributed by atoms with Crippen LogP contribution in [0, 0.1) is 0 Å². The van der Waals surface area contributed by atoms with Gasteiger partial charge in [0.2, 0.25) is 0 Å². The largest absolute Gasteiger partial charge is 0.479 e. The van der Waals surface area contributed by atoms with Gasteiger partial charge in [0.05, 0.1) is 5.69 Å². The van der Waals surface area contributed by atoms with E-state index in [0.29, 0.717) is 28.1 Å². The smallest absolute Gasteiger partial charge is 0.333 e. The zero-order valence-electron chi connectivity index (χ0n) is 18.6. The van der Waals surface area contributed by atoms with Crippen LogP contribution < -0.4 is 16.0 Å². The molecule has 6 heteroatoms. The van der Waals surface area contributed by atoms with Crippen LogP contribution in [0.5, 0.6) is 0 Å². The number of fused-ring (bicyclic) bond motifs is 1. The SMILES string of the molecule is C=C/C=c1/c(Cc2cn(C)c3ccccc23)nn(C(C(=O)O)c2ccccc2)c(=O)/c1=C/C. The number of nitrogens with zero attached hydrogens (tertiary/aromatic N) is 3. The molecule has 4 rings (SSSR count). The molecule has 2 heterocycles. The number of allylic oxidation sites excluding steroid dienone is 1. The third-order valence-electron chi connectivity index (χ3n) is 5.77. The van der Waals surface area contributed by atoms with E-state index >= 15 is 0 Å². The molecule has 0 bridgehead atoms. The van der Waals surface area contributed by atoms with E-state index in [1.165, 1.54) is 0 Å². The molecule has 0 aliphatic rings. The average Bonchev–Trinajstić information content (AvgIpc) is 3.13. The van der Waals surface area contributed by atoms with Crippen molar-refractivity contribution in [2.45, 2.75) is 19.4 Å². The van der Waals surface area contributed by atoms with Crippen molar-refractivity contribution in [1.82, 2.24) is 14.3 Å². The number of hydrogen-bond acceptors (Lipinski definition) is 3. The van der Waals surface area contributed by atoms with Gasteiger partial charge >= 0.3 is 5.97 Å². The first-order valence-corrected chi connectivity index (χ1v) is 10.7. The molecule has 4 aromatic rings. The third-order valence-corrected chi connectivity index (χ3v) is 5.77. The Bertz CT molecular complexity index is 1530. The summed E-state index contributed by atoms with van der Waals surface area (Å²) < 4.78 is 3.14. The number of rotatable bonds is 6. The van der Waals surface area contributed by atoms with Crippen molar-refractivity contribution in [2.24, 2.45) is 7.05 Å². The number of hydrogen-bond donors (Lipinski definition) is 1. The van der Waals surface area contributed by atoms with E-state index < -0.39 is 17.6 Å². The van der Waals surface area contributed by atoms with E-state index in [1.807, 2.05) is 31.4 Å². The molecule has 0 saturated carbocycles. The Kier molecular flexibility index (Phi) is 6.09. The van der Waals surface area contributed by atoms with Gasteiger partial charge in [-0.05, 0) is 24.1 Å². The molecule has 2 aromatic heterocycles. The second kappa shape index (κ2) is 9.12. The van der Waals surface area contributed by atoms with Crippen LogP contribution in [0.25, 0.3) is 23.1 Å². The minimum Gasteiger partial charge on any atom is -0.479 e. The summed E-state index contributed by atoms with van der Waals surface area (Å²) in [5.74, 6) is -1.14. The lowest BCUT2D eigenvalue weighted by atomic mass is 10.0. The number of aromatic nitrogens is 3. The minimum absolute atomic E-state index is 0.405. The Morgan fingerprint density at radius 1 is 1.12 bits per heavy atom. The van der Waals surface area contributed by atoms with Crippen molar-refractivity contribution in [3.63, 3.8) is 0 Å². The van der Waals surface area contributed by atoms with Gasteiger partial charge in [0.25, 0.3) is 5.56 Å². The zero-order chi connectivity index (χ0) is 23.5. The average molecular weight is 440 g/mol. The highest BCUT2D eigenvalue weighted by atomic mass is 16.4. The quantitative estimate of drug-likeness (QED) is 0.501. The summed E-state index contributed by atoms with van der Waals surface area (Å²) in [4.78, 5) is 25.7. The molecule has 1 atom stereocenters. The van der Waals surface area contributed by atoms with Gasteiger partial charge in [0.15, 0.2) is 6.04 Å². The summed E-state index contributed by atoms with van der Waals surface area (Å²) in [6, 6.07) is 15.5. The van der Waals surface area contributed by atoms with Crippen LogP contribution in [-0.2, 0) is 18.3 Å². The number of carboxylic acid groups (broad SMARTS) is 1. The molecule has 6 nitrogen and oxygen atoms in total. The molecular weight excluding hydrogens is 414 g/mol. The highest BCUT2D eigenvalue weighted by molar-refractivity contribution is 5.84. The molecule has 33 heavy (non-hydrogen) atoms. The Balaban J connectivity index is 2.01. The predicted molar refractivity (Wildman–Crippen MR) is 130 cm³/mol. The molecule has 0 amide bonds. The fourth-order valence-corrected chi connectivity index (χ4v) is 4.28. The van der Waals surface area contributed by atoms with Gasteiger partial charge in [0, 0.05) is 41.0 Å². The van der Waals surface area contributed by atoms with E-state index in [9.17, 15) is 14.7 Å². The molecule has 0 aliphatic heterocycles. The summed E-state index contributed by atoms with van der Waals surface area (Å²) in [6.45, 7) is 5.56. The van der Waals surface area contributed by atoms with E-state index in [2.05, 4.69) is 22.3 Å². The van der Waals surface area contributed by atoms with Crippen LogP contribution in [0.3, 0.4) is 0 Å². The van der Waals surface area contributed by atoms with Gasteiger partial charge in [-0.3, -0.25) is 4.79 Å². The van der Waals surface area contributed by atoms with Crippen molar-refractivity contribution in [2.75, 3.05) is 0 Å². The molecule has 0 spiro atoms. The summed E-state index contributed by atoms with van der Waals surface area (Å²) in [6.07, 6.45) is 7.55. The van der Waals surface area contributed by atoms with E-state index in [4.69, 9.17) is 0 Å². The van der Waals surface area contributed by atoms with Crippen molar-refractivity contribution >= 4 is 29.0 Å². The number of para-hydroxylation sites is 1. The fraction of sp³-hybridized carbons (Fsp3) is 0.148. The first-order valence-electron chi connectivity index (χ1n) is 10.7. The van der Waals surface area contributed by atoms with Gasteiger partial charge < -0.3 is 9.67 Å². The van der Waals surface area contributed by atoms with Crippen LogP contribution in [0.15, 0.2) is 78.2 Å². The number of aryl methyl sites for hydroxylation is 1. The first-order chi connectivity index (χ1) is 16.0. The van der Waals surface area contributed by atoms with Gasteiger partial charge in [-0.25, -0.2) is 9.48 Å². The summed E-state index contributed by atoms with van der Waals surface area (Å²) in [7, 11) is 1.98. The van der Waals surface area contributed by atoms with Crippen LogP contribution in [0.4, 0.5) is 0 Å². The van der Waals surface area contributed by atoms with Crippen molar-refractivity contribution in [1.29, 1.82) is 0 Å². The number of benzene rings is 2. The topological polar surface area (TPSA) is 77.1 Å². The van der Waals surface area contributed by atoms with Gasteiger partial charge in [0.1, 0.15) is 0 Å². The van der Waals surface area contributed by atoms with Crippen LogP contribution in [0.2, 0.25) is 0 Å². The van der Waals surface area contributed by atoms with Crippen LogP contribution in [-0.4, -0.2) is 25.4 Å². The molecule has 1 unspecified atom stereocenters. The molecule has 1 N–H and O–H groups in total. The lowest BCUT2D eigenvalue weighted by Gasteiger charge is -2.17. The highest BCUT2D eigenvalue weighted by Crippen LogP contribution is 2.22. The molecular formula is C27H25N3O3. The van der Waals surface area contributed by atoms with E-state index in [0.717, 1.165) is 21.1 Å². The van der Waals surface area contributed by atoms with Crippen LogP contribution in [0.1, 0.15) is 29.8 Å². The Morgan fingerprint density at radius 3 is 2.48 bits per heavy atom. The number of carboxylic acids is 1. The first kappa shape index (κ1) is 22.0. The maximum absolute atomic E-state index is 13.4. The molecule has 2 aromatic carbocycles. The maximum atomic E-state index is 13.4. The second-order valence-electron chi connectivity index (χ2n) is 7.83. The van der Waals surface area contributed by atoms with Gasteiger partial charge in [-0.1, -0.05) is 73.3 Å². The molecule has 166 valence electrons. The number of carbonyl (C=O) groups is 1. The normalized spacial score (nSPS) is 13.4. The fourth-order valence-electron chi connectivity index (χ4n) is 4.28. The predicted octanol–water partition coefficient (Wildman–Crippen LogP) is 2.77. The molecule has 0 aliphatic carbocycles. The Hall–Kier alpha value is -4.19. The van der Waals surface area contributed by atoms with Crippen molar-refractivity contribution in [3.05, 3.63) is 111 Å². The van der Waals surface area contributed by atoms with Gasteiger partial charge in [-0.15, -0.1) is 0 Å². The van der Waals surface area contributed by atoms with E-state index in [-0.39, 0.29) is 0 Å². The lowest BCUT2D eigenvalue weighted by molar-refractivity contribution is -0.140. The van der Waals surface area contributed by atoms with Crippen molar-refractivity contribution < 1.29 is 9.90 Å². The zero-order valence-corrected chi connectivity index (χ0v) is 18.6. The minimum atomic E-state index is -1.23. The monoisotopic (exact) mass is 439 g/mol. The number of aliphatic carboxylic acids is 1. The standard InChI is InChI=1S/C27H25N3O3/c1-4-11-22-20(5-2)26(31)30(25(27(32)33)18-12-7-6-8-13-18)28-23(22)16-19-17-29(3)24-15-10-9-14-21(19)24/h4-15,17,25H,1,16H2,2-3H3,(H,32,33)/b20-5+,22-11+. The molecule has 0 fully saturated rings. The van der Waals surface area contributed by atoms with E-state index in [1.54, 1.807) is 55.5 Å². The summed E-state index contributed by atoms with van der Waals surface area (Å²) in [5.41, 5.74) is 2.77. The molecule has 0 radical (unpaired) electrons. The summed E-state index contributed by atoms with van der Waals surface area (Å²) in [5, 5.41) is 16.8. The Labute approximate surface area is 191 Å².